The second-order valence-electron chi connectivity index (χ2n) is 6.89. The standard InChI is InChI=1S/C21H23N3O6S/c1-24(2)31(27,28)15-8-9-19(29-3)18(11-15)23-20(25)13-30-21(26)10-14-12-22-17-7-5-4-6-16(14)17/h4-9,11-12,22H,10,13H2,1-3H3,(H,23,25). The number of benzene rings is 2. The number of H-pyrrole nitrogens is 1. The summed E-state index contributed by atoms with van der Waals surface area (Å²) in [6, 6.07) is 11.7. The summed E-state index contributed by atoms with van der Waals surface area (Å²) in [5.41, 5.74) is 1.83. The number of esters is 1. The maximum Gasteiger partial charge on any atom is 0.310 e. The minimum Gasteiger partial charge on any atom is -0.495 e. The summed E-state index contributed by atoms with van der Waals surface area (Å²) in [5, 5.41) is 3.44. The quantitative estimate of drug-likeness (QED) is 0.513. The molecule has 0 spiro atoms. The second-order valence-corrected chi connectivity index (χ2v) is 9.05. The molecule has 31 heavy (non-hydrogen) atoms. The van der Waals surface area contributed by atoms with Gasteiger partial charge in [-0.2, -0.15) is 0 Å². The predicted octanol–water partition coefficient (Wildman–Crippen LogP) is 2.15. The lowest BCUT2D eigenvalue weighted by Crippen LogP contribution is -2.24. The van der Waals surface area contributed by atoms with Crippen LogP contribution in [0.1, 0.15) is 5.56 Å². The van der Waals surface area contributed by atoms with Crippen LogP contribution in [0.2, 0.25) is 0 Å². The van der Waals surface area contributed by atoms with Crippen molar-refractivity contribution in [3.05, 3.63) is 54.2 Å². The normalized spacial score (nSPS) is 11.5. The largest absolute Gasteiger partial charge is 0.495 e. The molecule has 0 aliphatic rings. The van der Waals surface area contributed by atoms with Crippen LogP contribution in [0.25, 0.3) is 10.9 Å². The van der Waals surface area contributed by atoms with E-state index in [9.17, 15) is 18.0 Å². The average molecular weight is 445 g/mol. The summed E-state index contributed by atoms with van der Waals surface area (Å²) in [4.78, 5) is 27.5. The zero-order valence-electron chi connectivity index (χ0n) is 17.3. The predicted molar refractivity (Wildman–Crippen MR) is 115 cm³/mol. The molecule has 2 N–H and O–H groups in total. The third-order valence-corrected chi connectivity index (χ3v) is 6.41. The SMILES string of the molecule is COc1ccc(S(=O)(=O)N(C)C)cc1NC(=O)COC(=O)Cc1c[nH]c2ccccc12. The highest BCUT2D eigenvalue weighted by Crippen LogP contribution is 2.28. The Labute approximate surface area is 180 Å². The van der Waals surface area contributed by atoms with Crippen LogP contribution in [-0.2, 0) is 30.8 Å². The van der Waals surface area contributed by atoms with Crippen molar-refractivity contribution in [1.29, 1.82) is 0 Å². The van der Waals surface area contributed by atoms with Gasteiger partial charge in [-0.1, -0.05) is 18.2 Å². The van der Waals surface area contributed by atoms with E-state index < -0.39 is 28.5 Å². The van der Waals surface area contributed by atoms with Gasteiger partial charge >= 0.3 is 5.97 Å². The summed E-state index contributed by atoms with van der Waals surface area (Å²) in [5.74, 6) is -0.906. The number of aromatic amines is 1. The van der Waals surface area contributed by atoms with Crippen LogP contribution in [0.3, 0.4) is 0 Å². The van der Waals surface area contributed by atoms with E-state index in [1.54, 1.807) is 6.20 Å². The van der Waals surface area contributed by atoms with Gasteiger partial charge in [-0.25, -0.2) is 12.7 Å². The van der Waals surface area contributed by atoms with E-state index in [1.807, 2.05) is 24.3 Å². The van der Waals surface area contributed by atoms with Crippen molar-refractivity contribution in [3.8, 4) is 5.75 Å². The number of ether oxygens (including phenoxy) is 2. The van der Waals surface area contributed by atoms with Gasteiger partial charge in [0.05, 0.1) is 24.1 Å². The van der Waals surface area contributed by atoms with E-state index >= 15 is 0 Å². The number of hydrogen-bond donors (Lipinski definition) is 2. The van der Waals surface area contributed by atoms with Gasteiger partial charge in [0.15, 0.2) is 6.61 Å². The van der Waals surface area contributed by atoms with Crippen molar-refractivity contribution < 1.29 is 27.5 Å². The first-order chi connectivity index (χ1) is 14.7. The van der Waals surface area contributed by atoms with E-state index in [1.165, 1.54) is 39.4 Å². The summed E-state index contributed by atoms with van der Waals surface area (Å²) in [7, 11) is 0.516. The van der Waals surface area contributed by atoms with Crippen molar-refractivity contribution in [2.24, 2.45) is 0 Å². The second kappa shape index (κ2) is 9.19. The Morgan fingerprint density at radius 1 is 1.13 bits per heavy atom. The number of hydrogen-bond acceptors (Lipinski definition) is 6. The van der Waals surface area contributed by atoms with Gasteiger partial charge in [0.2, 0.25) is 10.0 Å². The van der Waals surface area contributed by atoms with Crippen molar-refractivity contribution in [3.63, 3.8) is 0 Å². The zero-order chi connectivity index (χ0) is 22.6. The summed E-state index contributed by atoms with van der Waals surface area (Å²) in [6.45, 7) is -0.519. The number of anilines is 1. The molecule has 0 saturated carbocycles. The molecule has 9 nitrogen and oxygen atoms in total. The fourth-order valence-corrected chi connectivity index (χ4v) is 3.90. The van der Waals surface area contributed by atoms with Crippen molar-refractivity contribution in [2.45, 2.75) is 11.3 Å². The topological polar surface area (TPSA) is 118 Å². The molecule has 164 valence electrons. The molecule has 0 bridgehead atoms. The number of carbonyl (C=O) groups is 2. The third kappa shape index (κ3) is 5.04. The number of fused-ring (bicyclic) bond motifs is 1. The van der Waals surface area contributed by atoms with Gasteiger partial charge in [0.1, 0.15) is 5.75 Å². The molecule has 10 heteroatoms. The van der Waals surface area contributed by atoms with Crippen LogP contribution in [0, 0.1) is 0 Å². The molecular formula is C21H23N3O6S. The molecule has 0 aliphatic heterocycles. The lowest BCUT2D eigenvalue weighted by atomic mass is 10.1. The molecule has 1 amide bonds. The lowest BCUT2D eigenvalue weighted by Gasteiger charge is -2.15. The molecule has 0 unspecified atom stereocenters. The molecule has 3 aromatic rings. The van der Waals surface area contributed by atoms with E-state index in [4.69, 9.17) is 9.47 Å². The molecule has 0 fully saturated rings. The minimum absolute atomic E-state index is 0.00932. The Morgan fingerprint density at radius 3 is 2.58 bits per heavy atom. The number of amides is 1. The molecule has 0 radical (unpaired) electrons. The Bertz CT molecular complexity index is 1220. The number of nitrogens with one attached hydrogen (secondary N) is 2. The Morgan fingerprint density at radius 2 is 1.87 bits per heavy atom. The number of nitrogens with zero attached hydrogens (tertiary/aromatic N) is 1. The van der Waals surface area contributed by atoms with Crippen LogP contribution in [0.15, 0.2) is 53.6 Å². The van der Waals surface area contributed by atoms with Gasteiger partial charge in [-0.05, 0) is 29.8 Å². The van der Waals surface area contributed by atoms with Crippen LogP contribution >= 0.6 is 0 Å². The van der Waals surface area contributed by atoms with E-state index in [0.717, 1.165) is 20.8 Å². The summed E-state index contributed by atoms with van der Waals surface area (Å²) in [6.07, 6.45) is 1.74. The monoisotopic (exact) mass is 445 g/mol. The number of aromatic nitrogens is 1. The van der Waals surface area contributed by atoms with Gasteiger partial charge < -0.3 is 19.8 Å². The average Bonchev–Trinajstić information content (AvgIpc) is 3.15. The summed E-state index contributed by atoms with van der Waals surface area (Å²) >= 11 is 0. The Balaban J connectivity index is 1.64. The summed E-state index contributed by atoms with van der Waals surface area (Å²) < 4.78 is 36.0. The van der Waals surface area contributed by atoms with Crippen LogP contribution in [-0.4, -0.2) is 57.4 Å². The lowest BCUT2D eigenvalue weighted by molar-refractivity contribution is -0.146. The van der Waals surface area contributed by atoms with Gasteiger partial charge in [-0.15, -0.1) is 0 Å². The number of sulfonamides is 1. The van der Waals surface area contributed by atoms with Crippen LogP contribution in [0.5, 0.6) is 5.75 Å². The number of rotatable bonds is 8. The Hall–Kier alpha value is -3.37. The van der Waals surface area contributed by atoms with Gasteiger partial charge in [-0.3, -0.25) is 9.59 Å². The number of methoxy groups -OCH3 is 1. The first kappa shape index (κ1) is 22.3. The smallest absolute Gasteiger partial charge is 0.310 e. The first-order valence-electron chi connectivity index (χ1n) is 9.33. The molecule has 0 saturated heterocycles. The molecule has 1 aromatic heterocycles. The van der Waals surface area contributed by atoms with Gasteiger partial charge in [0, 0.05) is 31.2 Å². The molecule has 3 rings (SSSR count). The fourth-order valence-electron chi connectivity index (χ4n) is 2.97. The molecular weight excluding hydrogens is 422 g/mol. The maximum atomic E-state index is 12.3. The first-order valence-corrected chi connectivity index (χ1v) is 10.8. The minimum atomic E-state index is -3.69. The fraction of sp³-hybridized carbons (Fsp3) is 0.238. The highest BCUT2D eigenvalue weighted by molar-refractivity contribution is 7.89. The van der Waals surface area contributed by atoms with Crippen molar-refractivity contribution >= 4 is 38.5 Å². The third-order valence-electron chi connectivity index (χ3n) is 4.60. The molecule has 2 aromatic carbocycles. The van der Waals surface area contributed by atoms with Crippen molar-refractivity contribution in [1.82, 2.24) is 9.29 Å². The van der Waals surface area contributed by atoms with Gasteiger partial charge in [0.25, 0.3) is 5.91 Å². The Kier molecular flexibility index (Phi) is 6.62. The van der Waals surface area contributed by atoms with E-state index in [2.05, 4.69) is 10.3 Å². The molecule has 1 heterocycles. The number of carbonyl (C=O) groups excluding carboxylic acids is 2. The highest BCUT2D eigenvalue weighted by atomic mass is 32.2. The van der Waals surface area contributed by atoms with E-state index in [-0.39, 0.29) is 22.8 Å². The van der Waals surface area contributed by atoms with Crippen LogP contribution in [0.4, 0.5) is 5.69 Å². The highest BCUT2D eigenvalue weighted by Gasteiger charge is 2.20. The van der Waals surface area contributed by atoms with E-state index in [0.29, 0.717) is 0 Å². The van der Waals surface area contributed by atoms with Crippen LogP contribution < -0.4 is 10.1 Å². The zero-order valence-corrected chi connectivity index (χ0v) is 18.2. The maximum absolute atomic E-state index is 12.3. The molecule has 0 atom stereocenters. The number of para-hydroxylation sites is 1. The molecule has 0 aliphatic carbocycles. The van der Waals surface area contributed by atoms with Crippen molar-refractivity contribution in [2.75, 3.05) is 33.1 Å².